The average molecular weight is 531 g/mol. The largest absolute Gasteiger partial charge is 0.497 e. The molecule has 0 unspecified atom stereocenters. The lowest BCUT2D eigenvalue weighted by molar-refractivity contribution is -0.839. The van der Waals surface area contributed by atoms with Crippen molar-refractivity contribution in [2.24, 2.45) is 0 Å². The average Bonchev–Trinajstić information content (AvgIpc) is 2.91. The number of allylic oxidation sites excluding steroid dienone is 1. The number of carbonyl (C=O) groups excluding carboxylic acids is 1. The highest BCUT2D eigenvalue weighted by atomic mass is 32.2. The highest BCUT2D eigenvalue weighted by Crippen LogP contribution is 2.26. The molecule has 202 valence electrons. The minimum absolute atomic E-state index is 0.115. The Morgan fingerprint density at radius 2 is 1.46 bits per heavy atom. The van der Waals surface area contributed by atoms with Gasteiger partial charge in [-0.1, -0.05) is 30.3 Å². The Balaban J connectivity index is 1.98. The summed E-state index contributed by atoms with van der Waals surface area (Å²) in [4.78, 5) is 16.1. The van der Waals surface area contributed by atoms with E-state index in [4.69, 9.17) is 9.47 Å². The molecule has 0 radical (unpaired) electrons. The first-order valence-corrected chi connectivity index (χ1v) is 14.1. The van der Waals surface area contributed by atoms with E-state index in [1.807, 2.05) is 62.6 Å². The van der Waals surface area contributed by atoms with Gasteiger partial charge in [0.25, 0.3) is 0 Å². The first kappa shape index (κ1) is 28.8. The van der Waals surface area contributed by atoms with Gasteiger partial charge in [-0.3, -0.25) is 9.38 Å². The van der Waals surface area contributed by atoms with Crippen LogP contribution < -0.4 is 9.47 Å². The monoisotopic (exact) mass is 530 g/mol. The van der Waals surface area contributed by atoms with Crippen LogP contribution in [-0.2, 0) is 27.9 Å². The molecule has 0 bridgehead atoms. The Labute approximate surface area is 221 Å². The molecule has 1 aliphatic rings. The van der Waals surface area contributed by atoms with E-state index in [1.165, 1.54) is 4.31 Å². The minimum atomic E-state index is -4.02. The molecule has 1 amide bonds. The number of sulfonamides is 1. The van der Waals surface area contributed by atoms with Crippen LogP contribution in [0.1, 0.15) is 24.0 Å². The van der Waals surface area contributed by atoms with Crippen LogP contribution in [0.3, 0.4) is 0 Å². The van der Waals surface area contributed by atoms with Gasteiger partial charge in [0.15, 0.2) is 5.25 Å². The molecule has 1 fully saturated rings. The molecular weight excluding hydrogens is 490 g/mol. The summed E-state index contributed by atoms with van der Waals surface area (Å²) < 4.78 is 40.6. The topological polar surface area (TPSA) is 76.2 Å². The molecular formula is C28H40N3O5S+. The van der Waals surface area contributed by atoms with Crippen molar-refractivity contribution in [1.82, 2.24) is 9.21 Å². The molecule has 2 aromatic carbocycles. The molecule has 0 aromatic heterocycles. The van der Waals surface area contributed by atoms with Crippen molar-refractivity contribution in [2.75, 3.05) is 54.5 Å². The van der Waals surface area contributed by atoms with Gasteiger partial charge in [-0.2, -0.15) is 4.31 Å². The number of benzene rings is 2. The highest BCUT2D eigenvalue weighted by Gasteiger charge is 2.47. The van der Waals surface area contributed by atoms with Gasteiger partial charge in [-0.15, -0.1) is 6.58 Å². The van der Waals surface area contributed by atoms with Crippen molar-refractivity contribution in [1.29, 1.82) is 0 Å². The highest BCUT2D eigenvalue weighted by molar-refractivity contribution is 7.90. The minimum Gasteiger partial charge on any atom is -0.497 e. The zero-order chi connectivity index (χ0) is 27.1. The van der Waals surface area contributed by atoms with Gasteiger partial charge in [0, 0.05) is 26.2 Å². The molecule has 9 heteroatoms. The van der Waals surface area contributed by atoms with Crippen molar-refractivity contribution < 1.29 is 27.2 Å². The third-order valence-corrected chi connectivity index (χ3v) is 9.28. The van der Waals surface area contributed by atoms with E-state index < -0.39 is 15.3 Å². The number of rotatable bonds is 12. The number of quaternary nitrogens is 1. The van der Waals surface area contributed by atoms with Gasteiger partial charge >= 0.3 is 5.91 Å². The van der Waals surface area contributed by atoms with Gasteiger partial charge in [0.1, 0.15) is 11.5 Å². The van der Waals surface area contributed by atoms with E-state index in [1.54, 1.807) is 20.3 Å². The van der Waals surface area contributed by atoms with Crippen molar-refractivity contribution >= 4 is 15.9 Å². The molecule has 0 spiro atoms. The summed E-state index contributed by atoms with van der Waals surface area (Å²) in [6.07, 6.45) is 2.32. The number of ether oxygens (including phenoxy) is 2. The summed E-state index contributed by atoms with van der Waals surface area (Å²) in [5.41, 5.74) is 1.63. The van der Waals surface area contributed by atoms with Crippen LogP contribution in [0.4, 0.5) is 0 Å². The maximum absolute atomic E-state index is 14.3. The summed E-state index contributed by atoms with van der Waals surface area (Å²) in [7, 11) is 3.05. The van der Waals surface area contributed by atoms with E-state index in [9.17, 15) is 13.2 Å². The van der Waals surface area contributed by atoms with Crippen molar-refractivity contribution in [3.05, 3.63) is 72.3 Å². The Morgan fingerprint density at radius 3 is 1.86 bits per heavy atom. The van der Waals surface area contributed by atoms with Crippen LogP contribution in [0.25, 0.3) is 0 Å². The van der Waals surface area contributed by atoms with Gasteiger partial charge in [0.05, 0.1) is 34.4 Å². The van der Waals surface area contributed by atoms with E-state index in [0.717, 1.165) is 24.2 Å². The van der Waals surface area contributed by atoms with Crippen LogP contribution in [-0.4, -0.2) is 87.8 Å². The summed E-state index contributed by atoms with van der Waals surface area (Å²) in [5, 5.41) is -1.16. The van der Waals surface area contributed by atoms with Crippen LogP contribution in [0.5, 0.6) is 11.5 Å². The summed E-state index contributed by atoms with van der Waals surface area (Å²) in [6.45, 7) is 6.73. The summed E-state index contributed by atoms with van der Waals surface area (Å²) in [6, 6.07) is 14.6. The molecule has 0 saturated carbocycles. The molecule has 1 heterocycles. The quantitative estimate of drug-likeness (QED) is 0.310. The summed E-state index contributed by atoms with van der Waals surface area (Å²) in [5.74, 6) is 1.14. The standard InChI is InChI=1S/C28H40N3O5S/c1-6-7-8-27(28(32)31(3)19-17-29(2)18-20-31)37(33,34)30(21-23-9-13-25(35-4)14-10-23)22-24-11-15-26(36-5)16-12-24/h6,9-16,27H,1,7-8,17-22H2,2-5H3/q+1/t27-/m1/s1. The first-order chi connectivity index (χ1) is 17.6. The summed E-state index contributed by atoms with van der Waals surface area (Å²) >= 11 is 0. The molecule has 3 rings (SSSR count). The zero-order valence-corrected chi connectivity index (χ0v) is 23.2. The van der Waals surface area contributed by atoms with Crippen molar-refractivity contribution in [3.8, 4) is 11.5 Å². The zero-order valence-electron chi connectivity index (χ0n) is 22.4. The fraction of sp³-hybridized carbons (Fsp3) is 0.464. The number of methoxy groups -OCH3 is 2. The SMILES string of the molecule is C=CCC[C@H](C(=O)[N+]1(C)CCN(C)CC1)S(=O)(=O)N(Cc1ccc(OC)cc1)Cc1ccc(OC)cc1. The van der Waals surface area contributed by atoms with E-state index in [-0.39, 0.29) is 29.9 Å². The predicted molar refractivity (Wildman–Crippen MR) is 146 cm³/mol. The molecule has 2 aromatic rings. The molecule has 1 atom stereocenters. The lowest BCUT2D eigenvalue weighted by atomic mass is 10.1. The van der Waals surface area contributed by atoms with Gasteiger partial charge in [-0.25, -0.2) is 13.2 Å². The fourth-order valence-electron chi connectivity index (χ4n) is 4.53. The van der Waals surface area contributed by atoms with Crippen LogP contribution in [0.2, 0.25) is 0 Å². The van der Waals surface area contributed by atoms with E-state index in [2.05, 4.69) is 11.5 Å². The van der Waals surface area contributed by atoms with Crippen molar-refractivity contribution in [3.63, 3.8) is 0 Å². The predicted octanol–water partition coefficient (Wildman–Crippen LogP) is 3.29. The fourth-order valence-corrected chi connectivity index (χ4v) is 6.49. The number of hydrogen-bond donors (Lipinski definition) is 0. The molecule has 37 heavy (non-hydrogen) atoms. The smallest absolute Gasteiger partial charge is 0.333 e. The third kappa shape index (κ3) is 7.19. The second kappa shape index (κ2) is 12.7. The lowest BCUT2D eigenvalue weighted by Crippen LogP contribution is -2.63. The van der Waals surface area contributed by atoms with E-state index in [0.29, 0.717) is 31.0 Å². The number of likely N-dealkylation sites (N-methyl/N-ethyl adjacent to an activating group) is 2. The molecule has 1 saturated heterocycles. The molecule has 8 nitrogen and oxygen atoms in total. The maximum atomic E-state index is 14.3. The lowest BCUT2D eigenvalue weighted by Gasteiger charge is -2.40. The van der Waals surface area contributed by atoms with Crippen LogP contribution >= 0.6 is 0 Å². The van der Waals surface area contributed by atoms with Crippen LogP contribution in [0.15, 0.2) is 61.2 Å². The van der Waals surface area contributed by atoms with Crippen LogP contribution in [0, 0.1) is 0 Å². The van der Waals surface area contributed by atoms with Gasteiger partial charge < -0.3 is 9.47 Å². The maximum Gasteiger partial charge on any atom is 0.333 e. The van der Waals surface area contributed by atoms with E-state index >= 15 is 0 Å². The normalized spacial score (nSPS) is 16.8. The Hall–Kier alpha value is -2.72. The first-order valence-electron chi connectivity index (χ1n) is 12.6. The Morgan fingerprint density at radius 1 is 1.00 bits per heavy atom. The van der Waals surface area contributed by atoms with Gasteiger partial charge in [-0.05, 0) is 55.3 Å². The molecule has 0 N–H and O–H groups in total. The third-order valence-electron chi connectivity index (χ3n) is 7.15. The number of piperazine rings is 1. The molecule has 1 aliphatic heterocycles. The second-order valence-electron chi connectivity index (χ2n) is 9.85. The number of carbonyl (C=O) groups is 1. The van der Waals surface area contributed by atoms with Crippen molar-refractivity contribution in [2.45, 2.75) is 31.2 Å². The number of amides is 1. The number of nitrogens with zero attached hydrogens (tertiary/aromatic N) is 3. The van der Waals surface area contributed by atoms with Gasteiger partial charge in [0.2, 0.25) is 10.0 Å². The second-order valence-corrected chi connectivity index (χ2v) is 12.0. The Kier molecular flexibility index (Phi) is 9.89. The number of hydrogen-bond acceptors (Lipinski definition) is 6. The Bertz CT molecular complexity index is 1090. The molecule has 0 aliphatic carbocycles.